The number of sulfone groups is 1. The molecular weight excluding hydrogens is 326 g/mol. The third kappa shape index (κ3) is 4.74. The summed E-state index contributed by atoms with van der Waals surface area (Å²) in [4.78, 5) is 4.49. The van der Waals surface area contributed by atoms with Gasteiger partial charge in [-0.3, -0.25) is 0 Å². The van der Waals surface area contributed by atoms with Gasteiger partial charge in [0.05, 0.1) is 5.75 Å². The maximum Gasteiger partial charge on any atom is 0.191 e. The van der Waals surface area contributed by atoms with Crippen LogP contribution in [0.1, 0.15) is 25.2 Å². The van der Waals surface area contributed by atoms with Crippen LogP contribution in [0.5, 0.6) is 0 Å². The number of benzene rings is 1. The molecule has 2 aromatic rings. The second-order valence-electron chi connectivity index (χ2n) is 5.50. The number of para-hydroxylation sites is 1. The first-order valence-corrected chi connectivity index (χ1v) is 9.98. The molecule has 7 heteroatoms. The number of guanidine groups is 1. The molecule has 1 aromatic carbocycles. The lowest BCUT2D eigenvalue weighted by Crippen LogP contribution is -2.39. The van der Waals surface area contributed by atoms with Gasteiger partial charge in [-0.15, -0.1) is 0 Å². The van der Waals surface area contributed by atoms with Crippen molar-refractivity contribution >= 4 is 26.8 Å². The van der Waals surface area contributed by atoms with Crippen molar-refractivity contribution < 1.29 is 12.8 Å². The van der Waals surface area contributed by atoms with E-state index in [1.165, 1.54) is 0 Å². The predicted octanol–water partition coefficient (Wildman–Crippen LogP) is 2.23. The highest BCUT2D eigenvalue weighted by atomic mass is 32.2. The van der Waals surface area contributed by atoms with Crippen molar-refractivity contribution in [2.24, 2.45) is 4.99 Å². The maximum atomic E-state index is 11.5. The summed E-state index contributed by atoms with van der Waals surface area (Å²) in [5.74, 6) is 1.65. The Morgan fingerprint density at radius 1 is 1.21 bits per heavy atom. The lowest BCUT2D eigenvalue weighted by Gasteiger charge is -2.10. The molecule has 0 spiro atoms. The van der Waals surface area contributed by atoms with E-state index in [4.69, 9.17) is 4.42 Å². The zero-order chi connectivity index (χ0) is 17.6. The van der Waals surface area contributed by atoms with E-state index in [0.717, 1.165) is 22.3 Å². The van der Waals surface area contributed by atoms with Crippen LogP contribution in [0.4, 0.5) is 0 Å². The molecule has 0 aliphatic rings. The minimum absolute atomic E-state index is 0.0948. The molecule has 0 radical (unpaired) electrons. The minimum Gasteiger partial charge on any atom is -0.459 e. The number of hydrogen-bond acceptors (Lipinski definition) is 4. The van der Waals surface area contributed by atoms with Gasteiger partial charge in [-0.25, -0.2) is 13.4 Å². The molecule has 1 heterocycles. The van der Waals surface area contributed by atoms with Crippen molar-refractivity contribution in [3.63, 3.8) is 0 Å². The van der Waals surface area contributed by atoms with Crippen molar-refractivity contribution in [1.29, 1.82) is 0 Å². The molecule has 1 aromatic heterocycles. The third-order valence-corrected chi connectivity index (χ3v) is 5.52. The van der Waals surface area contributed by atoms with E-state index in [1.54, 1.807) is 6.92 Å². The highest BCUT2D eigenvalue weighted by Gasteiger charge is 2.10. The van der Waals surface area contributed by atoms with Gasteiger partial charge in [-0.2, -0.15) is 0 Å². The van der Waals surface area contributed by atoms with Gasteiger partial charge in [0.25, 0.3) is 0 Å². The topological polar surface area (TPSA) is 83.7 Å². The molecule has 0 unspecified atom stereocenters. The van der Waals surface area contributed by atoms with Crippen molar-refractivity contribution in [3.05, 3.63) is 35.6 Å². The molecule has 2 rings (SSSR count). The summed E-state index contributed by atoms with van der Waals surface area (Å²) >= 11 is 0. The second kappa shape index (κ2) is 8.19. The molecule has 0 fully saturated rings. The number of nitrogens with one attached hydrogen (secondary N) is 2. The fourth-order valence-corrected chi connectivity index (χ4v) is 3.04. The van der Waals surface area contributed by atoms with Gasteiger partial charge in [-0.05, 0) is 19.9 Å². The van der Waals surface area contributed by atoms with Crippen molar-refractivity contribution in [2.45, 2.75) is 27.3 Å². The molecule has 0 bridgehead atoms. The van der Waals surface area contributed by atoms with E-state index >= 15 is 0 Å². The normalized spacial score (nSPS) is 12.5. The third-order valence-electron chi connectivity index (χ3n) is 3.81. The molecule has 132 valence electrons. The van der Waals surface area contributed by atoms with Crippen LogP contribution in [-0.4, -0.2) is 39.0 Å². The van der Waals surface area contributed by atoms with Crippen LogP contribution < -0.4 is 10.6 Å². The van der Waals surface area contributed by atoms with E-state index in [-0.39, 0.29) is 11.5 Å². The molecule has 0 saturated heterocycles. The van der Waals surface area contributed by atoms with Crippen LogP contribution in [0.2, 0.25) is 0 Å². The molecule has 0 atom stereocenters. The number of nitrogens with zero attached hydrogens (tertiary/aromatic N) is 1. The van der Waals surface area contributed by atoms with E-state index in [2.05, 4.69) is 15.6 Å². The summed E-state index contributed by atoms with van der Waals surface area (Å²) < 4.78 is 28.9. The Bertz CT molecular complexity index is 810. The number of aryl methyl sites for hydroxylation is 1. The summed E-state index contributed by atoms with van der Waals surface area (Å²) in [5.41, 5.74) is 1.94. The van der Waals surface area contributed by atoms with E-state index in [1.807, 2.05) is 38.1 Å². The quantitative estimate of drug-likeness (QED) is 0.590. The maximum absolute atomic E-state index is 11.5. The van der Waals surface area contributed by atoms with Gasteiger partial charge in [0.2, 0.25) is 0 Å². The summed E-state index contributed by atoms with van der Waals surface area (Å²) in [5, 5.41) is 7.26. The minimum atomic E-state index is -2.99. The first kappa shape index (κ1) is 18.3. The zero-order valence-electron chi connectivity index (χ0n) is 14.4. The average molecular weight is 351 g/mol. The highest BCUT2D eigenvalue weighted by molar-refractivity contribution is 7.91. The van der Waals surface area contributed by atoms with Gasteiger partial charge >= 0.3 is 0 Å². The zero-order valence-corrected chi connectivity index (χ0v) is 15.2. The number of rotatable bonds is 7. The fraction of sp³-hybridized carbons (Fsp3) is 0.471. The van der Waals surface area contributed by atoms with Crippen molar-refractivity contribution in [1.82, 2.24) is 10.6 Å². The van der Waals surface area contributed by atoms with E-state index in [9.17, 15) is 8.42 Å². The molecule has 0 aliphatic heterocycles. The van der Waals surface area contributed by atoms with Crippen LogP contribution in [0.3, 0.4) is 0 Å². The lowest BCUT2D eigenvalue weighted by atomic mass is 10.1. The monoisotopic (exact) mass is 351 g/mol. The van der Waals surface area contributed by atoms with Crippen LogP contribution >= 0.6 is 0 Å². The average Bonchev–Trinajstić information content (AvgIpc) is 2.89. The number of aliphatic imine (C=N–C) groups is 1. The molecule has 0 aliphatic carbocycles. The predicted molar refractivity (Wildman–Crippen MR) is 98.1 cm³/mol. The molecule has 24 heavy (non-hydrogen) atoms. The van der Waals surface area contributed by atoms with Gasteiger partial charge < -0.3 is 15.1 Å². The first-order chi connectivity index (χ1) is 11.5. The first-order valence-electron chi connectivity index (χ1n) is 8.16. The molecule has 0 amide bonds. The Morgan fingerprint density at radius 2 is 1.96 bits per heavy atom. The van der Waals surface area contributed by atoms with Crippen LogP contribution in [0, 0.1) is 6.92 Å². The molecular formula is C17H25N3O3S. The summed E-state index contributed by atoms with van der Waals surface area (Å²) in [7, 11) is -2.99. The largest absolute Gasteiger partial charge is 0.459 e. The van der Waals surface area contributed by atoms with E-state index in [0.29, 0.717) is 25.6 Å². The molecule has 0 saturated carbocycles. The van der Waals surface area contributed by atoms with Gasteiger partial charge in [0, 0.05) is 29.8 Å². The van der Waals surface area contributed by atoms with Crippen LogP contribution in [0.25, 0.3) is 11.0 Å². The Kier molecular flexibility index (Phi) is 6.25. The fourth-order valence-electron chi connectivity index (χ4n) is 2.34. The lowest BCUT2D eigenvalue weighted by molar-refractivity contribution is 0.548. The number of furan rings is 1. The second-order valence-corrected chi connectivity index (χ2v) is 7.98. The summed E-state index contributed by atoms with van der Waals surface area (Å²) in [6.45, 7) is 7.07. The van der Waals surface area contributed by atoms with Crippen LogP contribution in [-0.2, 0) is 16.4 Å². The van der Waals surface area contributed by atoms with Gasteiger partial charge in [-0.1, -0.05) is 25.1 Å². The van der Waals surface area contributed by atoms with Gasteiger partial charge in [0.15, 0.2) is 15.8 Å². The van der Waals surface area contributed by atoms with Crippen molar-refractivity contribution in [2.75, 3.05) is 24.6 Å². The summed E-state index contributed by atoms with van der Waals surface area (Å²) in [6.07, 6.45) is 0. The SMILES string of the molecule is CCNC(=NCc1oc2ccccc2c1C)NCCS(=O)(=O)CC. The van der Waals surface area contributed by atoms with Crippen LogP contribution in [0.15, 0.2) is 33.7 Å². The smallest absolute Gasteiger partial charge is 0.191 e. The Balaban J connectivity index is 2.05. The van der Waals surface area contributed by atoms with Crippen molar-refractivity contribution in [3.8, 4) is 0 Å². The number of hydrogen-bond donors (Lipinski definition) is 2. The Morgan fingerprint density at radius 3 is 2.62 bits per heavy atom. The highest BCUT2D eigenvalue weighted by Crippen LogP contribution is 2.25. The standard InChI is InChI=1S/C17H25N3O3S/c1-4-18-17(19-10-11-24(21,22)5-2)20-12-16-13(3)14-8-6-7-9-15(14)23-16/h6-9H,4-5,10-12H2,1-3H3,(H2,18,19,20). The number of fused-ring (bicyclic) bond motifs is 1. The van der Waals surface area contributed by atoms with E-state index < -0.39 is 9.84 Å². The molecule has 6 nitrogen and oxygen atoms in total. The molecule has 2 N–H and O–H groups in total. The Hall–Kier alpha value is -2.02. The summed E-state index contributed by atoms with van der Waals surface area (Å²) in [6, 6.07) is 7.89. The Labute approximate surface area is 143 Å². The van der Waals surface area contributed by atoms with Gasteiger partial charge in [0.1, 0.15) is 17.9 Å².